The quantitative estimate of drug-likeness (QED) is 0.718. The van der Waals surface area contributed by atoms with Crippen molar-refractivity contribution in [3.63, 3.8) is 0 Å². The van der Waals surface area contributed by atoms with Crippen molar-refractivity contribution in [2.24, 2.45) is 0 Å². The van der Waals surface area contributed by atoms with Gasteiger partial charge in [0.05, 0.1) is 0 Å². The molecule has 1 N–H and O–H groups in total. The first-order valence-electron chi connectivity index (χ1n) is 4.01. The molecule has 0 unspecified atom stereocenters. The zero-order chi connectivity index (χ0) is 10.1. The second-order valence-corrected chi connectivity index (χ2v) is 2.68. The molecule has 5 heteroatoms. The fraction of sp³-hybridized carbons (Fsp3) is 0.300. The molecule has 0 atom stereocenters. The first-order chi connectivity index (χ1) is 6.13. The van der Waals surface area contributed by atoms with Crippen molar-refractivity contribution in [2.45, 2.75) is 20.3 Å². The number of aromatic nitrogens is 1. The van der Waals surface area contributed by atoms with Crippen LogP contribution in [0, 0.1) is 5.41 Å². The van der Waals surface area contributed by atoms with Gasteiger partial charge in [-0.05, 0) is 26.0 Å². The van der Waals surface area contributed by atoms with Crippen LogP contribution in [-0.4, -0.2) is 16.5 Å². The number of rotatable bonds is 2. The molecule has 1 aromatic rings. The van der Waals surface area contributed by atoms with Crippen LogP contribution in [0.5, 0.6) is 0 Å². The van der Waals surface area contributed by atoms with E-state index in [0.717, 1.165) is 0 Å². The Kier molecular flexibility index (Phi) is 17.9. The fourth-order valence-corrected chi connectivity index (χ4v) is 0.686. The summed E-state index contributed by atoms with van der Waals surface area (Å²) in [5.41, 5.74) is 0.438. The van der Waals surface area contributed by atoms with E-state index in [1.165, 1.54) is 6.92 Å². The Morgan fingerprint density at radius 1 is 1.20 bits per heavy atom. The van der Waals surface area contributed by atoms with E-state index < -0.39 is 0 Å². The van der Waals surface area contributed by atoms with Crippen LogP contribution in [-0.2, 0) is 21.6 Å². The molecule has 87 valence electrons. The molecule has 0 aliphatic heterocycles. The third-order valence-corrected chi connectivity index (χ3v) is 1.08. The third kappa shape index (κ3) is 19.8. The van der Waals surface area contributed by atoms with Gasteiger partial charge in [0.25, 0.3) is 0 Å². The molecule has 0 bridgehead atoms. The maximum Gasteiger partial charge on any atom is 0.135 e. The molecule has 0 aliphatic rings. The molecule has 1 heterocycles. The number of nitrogens with zero attached hydrogens (tertiary/aromatic N) is 1. The van der Waals surface area contributed by atoms with Crippen molar-refractivity contribution >= 4 is 11.5 Å². The average molecular weight is 317 g/mol. The summed E-state index contributed by atoms with van der Waals surface area (Å²) in [6.45, 7) is 3.11. The van der Waals surface area contributed by atoms with Crippen molar-refractivity contribution < 1.29 is 38.6 Å². The van der Waals surface area contributed by atoms with Crippen molar-refractivity contribution in [3.8, 4) is 0 Å². The van der Waals surface area contributed by atoms with Crippen LogP contribution in [0.3, 0.4) is 0 Å². The Bertz CT molecular complexity index is 229. The molecular weight excluding hydrogens is 303 g/mol. The zero-order valence-corrected chi connectivity index (χ0v) is 11.3. The SMILES string of the molecule is CC(=N)CC(C)=O.[Br-].[Co].c1ccncc1. The molecule has 1 radical (unpaired) electrons. The Morgan fingerprint density at radius 2 is 1.67 bits per heavy atom. The topological polar surface area (TPSA) is 53.8 Å². The molecule has 0 aromatic carbocycles. The summed E-state index contributed by atoms with van der Waals surface area (Å²) in [6.07, 6.45) is 3.81. The number of halogens is 1. The van der Waals surface area contributed by atoms with Gasteiger partial charge < -0.3 is 22.4 Å². The maximum atomic E-state index is 10.1. The second-order valence-electron chi connectivity index (χ2n) is 2.68. The van der Waals surface area contributed by atoms with Crippen LogP contribution in [0.2, 0.25) is 0 Å². The molecule has 0 saturated carbocycles. The summed E-state index contributed by atoms with van der Waals surface area (Å²) in [4.78, 5) is 13.9. The summed E-state index contributed by atoms with van der Waals surface area (Å²) in [5.74, 6) is 0.0625. The smallest absolute Gasteiger partial charge is 0.135 e. The Morgan fingerprint density at radius 3 is 1.73 bits per heavy atom. The van der Waals surface area contributed by atoms with E-state index in [4.69, 9.17) is 5.41 Å². The van der Waals surface area contributed by atoms with Gasteiger partial charge in [-0.3, -0.25) is 9.78 Å². The van der Waals surface area contributed by atoms with Gasteiger partial charge in [0.2, 0.25) is 0 Å². The standard InChI is InChI=1S/C5H9NO.C5H5N.BrH.Co/c1-4(6)3-5(2)7;1-2-4-6-5-3-1;;/h6H,3H2,1-2H3;1-5H;1H;/p-1. The second kappa shape index (κ2) is 13.5. The van der Waals surface area contributed by atoms with Crippen LogP contribution in [0.15, 0.2) is 30.6 Å². The van der Waals surface area contributed by atoms with E-state index in [0.29, 0.717) is 12.1 Å². The van der Waals surface area contributed by atoms with Crippen molar-refractivity contribution in [2.75, 3.05) is 0 Å². The number of ketones is 1. The third-order valence-electron chi connectivity index (χ3n) is 1.08. The minimum atomic E-state index is 0. The summed E-state index contributed by atoms with van der Waals surface area (Å²) in [6, 6.07) is 5.72. The number of nitrogens with one attached hydrogen (secondary N) is 1. The van der Waals surface area contributed by atoms with Gasteiger partial charge in [-0.2, -0.15) is 0 Å². The first kappa shape index (κ1) is 20.0. The molecule has 1 rings (SSSR count). The number of Topliss-reactive ketones (excluding diaryl/α,β-unsaturated/α-hetero) is 1. The van der Waals surface area contributed by atoms with Gasteiger partial charge in [0.15, 0.2) is 0 Å². The maximum absolute atomic E-state index is 10.1. The van der Waals surface area contributed by atoms with E-state index in [1.54, 1.807) is 19.3 Å². The Hall–Kier alpha value is -0.524. The van der Waals surface area contributed by atoms with Crippen LogP contribution in [0.25, 0.3) is 0 Å². The minimum absolute atomic E-state index is 0. The van der Waals surface area contributed by atoms with E-state index >= 15 is 0 Å². The monoisotopic (exact) mass is 316 g/mol. The largest absolute Gasteiger partial charge is 1.00 e. The molecule has 0 amide bonds. The van der Waals surface area contributed by atoms with Crippen molar-refractivity contribution in [1.29, 1.82) is 5.41 Å². The van der Waals surface area contributed by atoms with Gasteiger partial charge >= 0.3 is 0 Å². The van der Waals surface area contributed by atoms with Gasteiger partial charge in [-0.1, -0.05) is 6.07 Å². The van der Waals surface area contributed by atoms with Crippen LogP contribution < -0.4 is 17.0 Å². The van der Waals surface area contributed by atoms with Crippen molar-refractivity contribution in [3.05, 3.63) is 30.6 Å². The number of hydrogen-bond acceptors (Lipinski definition) is 3. The molecule has 0 fully saturated rings. The van der Waals surface area contributed by atoms with E-state index in [9.17, 15) is 4.79 Å². The number of carbonyl (C=O) groups excluding carboxylic acids is 1. The Labute approximate surface area is 111 Å². The first-order valence-corrected chi connectivity index (χ1v) is 4.01. The number of carbonyl (C=O) groups is 1. The minimum Gasteiger partial charge on any atom is -1.00 e. The van der Waals surface area contributed by atoms with Gasteiger partial charge in [0.1, 0.15) is 5.78 Å². The Balaban J connectivity index is -0.000000170. The zero-order valence-electron chi connectivity index (χ0n) is 8.66. The fourth-order valence-electron chi connectivity index (χ4n) is 0.686. The van der Waals surface area contributed by atoms with Gasteiger partial charge in [-0.15, -0.1) is 0 Å². The van der Waals surface area contributed by atoms with Crippen LogP contribution in [0.1, 0.15) is 20.3 Å². The molecule has 0 spiro atoms. The number of hydrogen-bond donors (Lipinski definition) is 1. The van der Waals surface area contributed by atoms with E-state index in [1.807, 2.05) is 18.2 Å². The van der Waals surface area contributed by atoms with Gasteiger partial charge in [-0.25, -0.2) is 0 Å². The van der Waals surface area contributed by atoms with Crippen LogP contribution >= 0.6 is 0 Å². The molecule has 15 heavy (non-hydrogen) atoms. The molecule has 3 nitrogen and oxygen atoms in total. The summed E-state index contributed by atoms with van der Waals surface area (Å²) < 4.78 is 0. The van der Waals surface area contributed by atoms with E-state index in [-0.39, 0.29) is 39.5 Å². The van der Waals surface area contributed by atoms with Gasteiger partial charge in [0, 0.05) is 41.3 Å². The molecule has 1 aromatic heterocycles. The summed E-state index contributed by atoms with van der Waals surface area (Å²) in [7, 11) is 0. The number of pyridine rings is 1. The molecular formula is C10H14BrCoN2O-. The van der Waals surface area contributed by atoms with Crippen molar-refractivity contribution in [1.82, 2.24) is 4.98 Å². The average Bonchev–Trinajstić information content (AvgIpc) is 2.06. The normalized spacial score (nSPS) is 7.07. The summed E-state index contributed by atoms with van der Waals surface area (Å²) in [5, 5.41) is 6.80. The van der Waals surface area contributed by atoms with E-state index in [2.05, 4.69) is 4.98 Å². The van der Waals surface area contributed by atoms with Crippen LogP contribution in [0.4, 0.5) is 0 Å². The predicted octanol–water partition coefficient (Wildman–Crippen LogP) is -0.912. The molecule has 0 aliphatic carbocycles. The molecule has 0 saturated heterocycles. The summed E-state index contributed by atoms with van der Waals surface area (Å²) >= 11 is 0. The predicted molar refractivity (Wildman–Crippen MR) is 52.9 cm³/mol.